The average molecular weight is 289 g/mol. The van der Waals surface area contributed by atoms with Gasteiger partial charge in [-0.2, -0.15) is 0 Å². The first-order valence-corrected chi connectivity index (χ1v) is 6.80. The van der Waals surface area contributed by atoms with E-state index in [1.165, 1.54) is 0 Å². The van der Waals surface area contributed by atoms with Gasteiger partial charge < -0.3 is 15.0 Å². The van der Waals surface area contributed by atoms with E-state index in [2.05, 4.69) is 15.3 Å². The molecule has 0 radical (unpaired) electrons. The number of aromatic amines is 1. The number of aromatic nitrogens is 2. The Morgan fingerprint density at radius 2 is 2.10 bits per heavy atom. The quantitative estimate of drug-likeness (QED) is 0.907. The number of benzene rings is 1. The van der Waals surface area contributed by atoms with Gasteiger partial charge >= 0.3 is 6.09 Å². The molecule has 0 bridgehead atoms. The van der Waals surface area contributed by atoms with Crippen LogP contribution in [0.4, 0.5) is 4.79 Å². The van der Waals surface area contributed by atoms with Crippen molar-refractivity contribution in [2.45, 2.75) is 40.3 Å². The standard InChI is InChI=1S/C15H19N3O3/c1-8(2)16-15(20)21-7-12-17-11-6-9(3)5-10(4)13(11)14(19)18-12/h5-6,8H,7H2,1-4H3,(H,16,20)(H,17,18,19). The van der Waals surface area contributed by atoms with Crippen LogP contribution in [0.1, 0.15) is 30.8 Å². The van der Waals surface area contributed by atoms with Gasteiger partial charge in [0.15, 0.2) is 6.61 Å². The molecule has 0 saturated heterocycles. The number of nitrogens with one attached hydrogen (secondary N) is 2. The lowest BCUT2D eigenvalue weighted by atomic mass is 10.1. The summed E-state index contributed by atoms with van der Waals surface area (Å²) in [6, 6.07) is 3.77. The van der Waals surface area contributed by atoms with Crippen LogP contribution in [0.15, 0.2) is 16.9 Å². The summed E-state index contributed by atoms with van der Waals surface area (Å²) in [7, 11) is 0. The lowest BCUT2D eigenvalue weighted by molar-refractivity contribution is 0.134. The number of rotatable bonds is 3. The molecule has 6 nitrogen and oxygen atoms in total. The molecule has 1 heterocycles. The predicted molar refractivity (Wildman–Crippen MR) is 80.3 cm³/mol. The highest BCUT2D eigenvalue weighted by Crippen LogP contribution is 2.15. The van der Waals surface area contributed by atoms with Gasteiger partial charge in [-0.15, -0.1) is 0 Å². The van der Waals surface area contributed by atoms with Crippen molar-refractivity contribution >= 4 is 17.0 Å². The summed E-state index contributed by atoms with van der Waals surface area (Å²) in [5, 5.41) is 3.17. The van der Waals surface area contributed by atoms with E-state index in [1.807, 2.05) is 39.8 Å². The molecule has 0 saturated carbocycles. The maximum absolute atomic E-state index is 12.1. The molecule has 0 aliphatic carbocycles. The van der Waals surface area contributed by atoms with E-state index in [0.29, 0.717) is 16.7 Å². The molecule has 2 N–H and O–H groups in total. The van der Waals surface area contributed by atoms with Crippen LogP contribution in [-0.4, -0.2) is 22.1 Å². The van der Waals surface area contributed by atoms with E-state index in [1.54, 1.807) is 0 Å². The molecule has 1 aromatic carbocycles. The first-order chi connectivity index (χ1) is 9.86. The van der Waals surface area contributed by atoms with Crippen LogP contribution in [0, 0.1) is 13.8 Å². The minimum Gasteiger partial charge on any atom is -0.441 e. The number of aryl methyl sites for hydroxylation is 2. The summed E-state index contributed by atoms with van der Waals surface area (Å²) in [6.45, 7) is 7.42. The first kappa shape index (κ1) is 15.0. The summed E-state index contributed by atoms with van der Waals surface area (Å²) in [5.74, 6) is 0.330. The third kappa shape index (κ3) is 3.59. The van der Waals surface area contributed by atoms with Gasteiger partial charge in [0.2, 0.25) is 0 Å². The predicted octanol–water partition coefficient (Wildman–Crippen LogP) is 2.17. The highest BCUT2D eigenvalue weighted by atomic mass is 16.5. The molecule has 0 spiro atoms. The Balaban J connectivity index is 2.26. The topological polar surface area (TPSA) is 84.1 Å². The van der Waals surface area contributed by atoms with Gasteiger partial charge in [-0.3, -0.25) is 4.79 Å². The molecular formula is C15H19N3O3. The van der Waals surface area contributed by atoms with E-state index < -0.39 is 6.09 Å². The molecule has 1 amide bonds. The van der Waals surface area contributed by atoms with Crippen LogP contribution in [0.2, 0.25) is 0 Å². The highest BCUT2D eigenvalue weighted by molar-refractivity contribution is 5.81. The molecule has 21 heavy (non-hydrogen) atoms. The smallest absolute Gasteiger partial charge is 0.407 e. The molecular weight excluding hydrogens is 270 g/mol. The molecule has 6 heteroatoms. The van der Waals surface area contributed by atoms with Crippen molar-refractivity contribution in [3.8, 4) is 0 Å². The Hall–Kier alpha value is -2.37. The normalized spacial score (nSPS) is 10.9. The first-order valence-electron chi connectivity index (χ1n) is 6.80. The molecule has 0 aliphatic rings. The third-order valence-corrected chi connectivity index (χ3v) is 2.95. The fourth-order valence-electron chi connectivity index (χ4n) is 2.18. The second kappa shape index (κ2) is 5.95. The van der Waals surface area contributed by atoms with Gasteiger partial charge in [0, 0.05) is 6.04 Å². The van der Waals surface area contributed by atoms with E-state index in [4.69, 9.17) is 4.74 Å². The zero-order chi connectivity index (χ0) is 15.6. The van der Waals surface area contributed by atoms with Crippen molar-refractivity contribution in [1.82, 2.24) is 15.3 Å². The fourth-order valence-corrected chi connectivity index (χ4v) is 2.18. The van der Waals surface area contributed by atoms with Crippen LogP contribution in [0.25, 0.3) is 10.9 Å². The van der Waals surface area contributed by atoms with Crippen LogP contribution < -0.4 is 10.9 Å². The van der Waals surface area contributed by atoms with Crippen molar-refractivity contribution in [2.75, 3.05) is 0 Å². The number of alkyl carbamates (subject to hydrolysis) is 1. The van der Waals surface area contributed by atoms with Gasteiger partial charge in [-0.05, 0) is 44.9 Å². The summed E-state index contributed by atoms with van der Waals surface area (Å²) < 4.78 is 5.02. The molecule has 112 valence electrons. The van der Waals surface area contributed by atoms with E-state index in [9.17, 15) is 9.59 Å². The molecule has 0 unspecified atom stereocenters. The Morgan fingerprint density at radius 1 is 1.38 bits per heavy atom. The minimum absolute atomic E-state index is 0.00795. The Morgan fingerprint density at radius 3 is 2.76 bits per heavy atom. The van der Waals surface area contributed by atoms with Gasteiger partial charge in [-0.25, -0.2) is 9.78 Å². The minimum atomic E-state index is -0.534. The number of nitrogens with zero attached hydrogens (tertiary/aromatic N) is 1. The zero-order valence-corrected chi connectivity index (χ0v) is 12.6. The molecule has 0 fully saturated rings. The highest BCUT2D eigenvalue weighted by Gasteiger charge is 2.09. The summed E-state index contributed by atoms with van der Waals surface area (Å²) in [5.41, 5.74) is 2.30. The largest absolute Gasteiger partial charge is 0.441 e. The number of carbonyl (C=O) groups is 1. The van der Waals surface area contributed by atoms with Crippen LogP contribution in [-0.2, 0) is 11.3 Å². The summed E-state index contributed by atoms with van der Waals surface area (Å²) in [4.78, 5) is 30.5. The number of H-pyrrole nitrogens is 1. The second-order valence-electron chi connectivity index (χ2n) is 5.36. The number of ether oxygens (including phenoxy) is 1. The number of fused-ring (bicyclic) bond motifs is 1. The van der Waals surface area contributed by atoms with Crippen molar-refractivity contribution in [1.29, 1.82) is 0 Å². The monoisotopic (exact) mass is 289 g/mol. The maximum atomic E-state index is 12.1. The van der Waals surface area contributed by atoms with Crippen molar-refractivity contribution in [3.05, 3.63) is 39.4 Å². The van der Waals surface area contributed by atoms with Crippen LogP contribution >= 0.6 is 0 Å². The Labute approximate surface area is 122 Å². The van der Waals surface area contributed by atoms with Gasteiger partial charge in [0.05, 0.1) is 10.9 Å². The van der Waals surface area contributed by atoms with Crippen molar-refractivity contribution < 1.29 is 9.53 Å². The second-order valence-corrected chi connectivity index (χ2v) is 5.36. The Kier molecular flexibility index (Phi) is 4.26. The van der Waals surface area contributed by atoms with E-state index >= 15 is 0 Å². The average Bonchev–Trinajstić information content (AvgIpc) is 2.34. The lowest BCUT2D eigenvalue weighted by Gasteiger charge is -2.10. The third-order valence-electron chi connectivity index (χ3n) is 2.95. The fraction of sp³-hybridized carbons (Fsp3) is 0.400. The Bertz CT molecular complexity index is 735. The van der Waals surface area contributed by atoms with Crippen LogP contribution in [0.3, 0.4) is 0 Å². The molecule has 0 atom stereocenters. The number of hydrogen-bond donors (Lipinski definition) is 2. The summed E-state index contributed by atoms with van der Waals surface area (Å²) >= 11 is 0. The molecule has 2 aromatic rings. The number of hydrogen-bond acceptors (Lipinski definition) is 4. The van der Waals surface area contributed by atoms with Gasteiger partial charge in [-0.1, -0.05) is 6.07 Å². The van der Waals surface area contributed by atoms with Gasteiger partial charge in [0.1, 0.15) is 5.82 Å². The number of carbonyl (C=O) groups excluding carboxylic acids is 1. The SMILES string of the molecule is Cc1cc(C)c2c(=O)[nH]c(COC(=O)NC(C)C)nc2c1. The van der Waals surface area contributed by atoms with Crippen LogP contribution in [0.5, 0.6) is 0 Å². The summed E-state index contributed by atoms with van der Waals surface area (Å²) in [6.07, 6.45) is -0.534. The van der Waals surface area contributed by atoms with E-state index in [0.717, 1.165) is 11.1 Å². The van der Waals surface area contributed by atoms with E-state index in [-0.39, 0.29) is 18.2 Å². The van der Waals surface area contributed by atoms with Crippen molar-refractivity contribution in [2.24, 2.45) is 0 Å². The van der Waals surface area contributed by atoms with Crippen molar-refractivity contribution in [3.63, 3.8) is 0 Å². The molecule has 0 aliphatic heterocycles. The lowest BCUT2D eigenvalue weighted by Crippen LogP contribution is -2.31. The van der Waals surface area contributed by atoms with Gasteiger partial charge in [0.25, 0.3) is 5.56 Å². The zero-order valence-electron chi connectivity index (χ0n) is 12.6. The molecule has 1 aromatic heterocycles. The molecule has 2 rings (SSSR count). The maximum Gasteiger partial charge on any atom is 0.407 e. The number of amides is 1.